The van der Waals surface area contributed by atoms with Crippen LogP contribution in [0.25, 0.3) is 0 Å². The van der Waals surface area contributed by atoms with E-state index in [1.165, 1.54) is 0 Å². The first kappa shape index (κ1) is 14.1. The van der Waals surface area contributed by atoms with Crippen LogP contribution in [0.15, 0.2) is 48.5 Å². The van der Waals surface area contributed by atoms with Crippen LogP contribution in [0.4, 0.5) is 0 Å². The van der Waals surface area contributed by atoms with Crippen LogP contribution in [0.1, 0.15) is 28.4 Å². The van der Waals surface area contributed by atoms with Gasteiger partial charge in [-0.2, -0.15) is 0 Å². The van der Waals surface area contributed by atoms with Crippen LogP contribution in [0, 0.1) is 6.92 Å². The Morgan fingerprint density at radius 1 is 1.15 bits per heavy atom. The van der Waals surface area contributed by atoms with Crippen molar-refractivity contribution >= 4 is 5.91 Å². The maximum Gasteiger partial charge on any atom is 0.251 e. The van der Waals surface area contributed by atoms with Crippen molar-refractivity contribution in [3.8, 4) is 5.75 Å². The molecular formula is C17H19NO2. The summed E-state index contributed by atoms with van der Waals surface area (Å²) in [6.45, 7) is 5.08. The number of carbonyl (C=O) groups excluding carboxylic acids is 1. The second-order valence-corrected chi connectivity index (χ2v) is 4.63. The summed E-state index contributed by atoms with van der Waals surface area (Å²) in [7, 11) is 0. The van der Waals surface area contributed by atoms with Gasteiger partial charge < -0.3 is 10.1 Å². The van der Waals surface area contributed by atoms with Crippen molar-refractivity contribution in [1.29, 1.82) is 0 Å². The van der Waals surface area contributed by atoms with Crippen LogP contribution < -0.4 is 10.1 Å². The fourth-order valence-electron chi connectivity index (χ4n) is 1.90. The third-order valence-electron chi connectivity index (χ3n) is 2.98. The highest BCUT2D eigenvalue weighted by atomic mass is 16.5. The molecule has 0 bridgehead atoms. The van der Waals surface area contributed by atoms with E-state index >= 15 is 0 Å². The molecular weight excluding hydrogens is 250 g/mol. The molecule has 0 radical (unpaired) electrons. The van der Waals surface area contributed by atoms with Crippen molar-refractivity contribution in [1.82, 2.24) is 5.32 Å². The summed E-state index contributed by atoms with van der Waals surface area (Å²) in [6, 6.07) is 15.3. The van der Waals surface area contributed by atoms with Crippen LogP contribution in [-0.2, 0) is 6.54 Å². The number of benzene rings is 2. The smallest absolute Gasteiger partial charge is 0.251 e. The summed E-state index contributed by atoms with van der Waals surface area (Å²) in [4.78, 5) is 12.0. The van der Waals surface area contributed by atoms with Gasteiger partial charge in [0.15, 0.2) is 0 Å². The lowest BCUT2D eigenvalue weighted by Crippen LogP contribution is -2.22. The lowest BCUT2D eigenvalue weighted by Gasteiger charge is -2.08. The molecule has 0 fully saturated rings. The molecule has 0 heterocycles. The minimum Gasteiger partial charge on any atom is -0.494 e. The summed E-state index contributed by atoms with van der Waals surface area (Å²) in [5, 5.41) is 2.91. The predicted octanol–water partition coefficient (Wildman–Crippen LogP) is 3.32. The van der Waals surface area contributed by atoms with Gasteiger partial charge in [-0.15, -0.1) is 0 Å². The molecule has 0 aliphatic rings. The standard InChI is InChI=1S/C17H19NO2/c1-3-20-16-6-4-5-14(11-16)12-18-17(19)15-9-7-13(2)8-10-15/h4-11H,3,12H2,1-2H3,(H,18,19). The van der Waals surface area contributed by atoms with Gasteiger partial charge in [-0.25, -0.2) is 0 Å². The first-order chi connectivity index (χ1) is 9.69. The average molecular weight is 269 g/mol. The largest absolute Gasteiger partial charge is 0.494 e. The van der Waals surface area contributed by atoms with Crippen LogP contribution in [0.3, 0.4) is 0 Å². The third kappa shape index (κ3) is 3.85. The fraction of sp³-hybridized carbons (Fsp3) is 0.235. The van der Waals surface area contributed by atoms with E-state index in [9.17, 15) is 4.79 Å². The van der Waals surface area contributed by atoms with Crippen LogP contribution in [0.5, 0.6) is 5.75 Å². The molecule has 0 spiro atoms. The van der Waals surface area contributed by atoms with Gasteiger partial charge in [0.1, 0.15) is 5.75 Å². The Hall–Kier alpha value is -2.29. The molecule has 3 nitrogen and oxygen atoms in total. The van der Waals surface area contributed by atoms with Crippen molar-refractivity contribution in [3.63, 3.8) is 0 Å². The van der Waals surface area contributed by atoms with Crippen LogP contribution >= 0.6 is 0 Å². The van der Waals surface area contributed by atoms with E-state index in [-0.39, 0.29) is 5.91 Å². The Morgan fingerprint density at radius 3 is 2.60 bits per heavy atom. The van der Waals surface area contributed by atoms with Gasteiger partial charge in [-0.05, 0) is 43.7 Å². The molecule has 0 unspecified atom stereocenters. The normalized spacial score (nSPS) is 10.1. The van der Waals surface area contributed by atoms with Gasteiger partial charge in [0.25, 0.3) is 5.91 Å². The summed E-state index contributed by atoms with van der Waals surface area (Å²) >= 11 is 0. The van der Waals surface area contributed by atoms with E-state index in [0.717, 1.165) is 16.9 Å². The maximum absolute atomic E-state index is 12.0. The Bertz CT molecular complexity index is 576. The quantitative estimate of drug-likeness (QED) is 0.904. The lowest BCUT2D eigenvalue weighted by molar-refractivity contribution is 0.0951. The Morgan fingerprint density at radius 2 is 1.90 bits per heavy atom. The first-order valence-corrected chi connectivity index (χ1v) is 6.75. The van der Waals surface area contributed by atoms with Crippen molar-refractivity contribution in [2.75, 3.05) is 6.61 Å². The summed E-state index contributed by atoms with van der Waals surface area (Å²) < 4.78 is 5.44. The van der Waals surface area contributed by atoms with Gasteiger partial charge in [-0.3, -0.25) is 4.79 Å². The monoisotopic (exact) mass is 269 g/mol. The molecule has 0 saturated heterocycles. The summed E-state index contributed by atoms with van der Waals surface area (Å²) in [5.74, 6) is 0.765. The van der Waals surface area contributed by atoms with Gasteiger partial charge >= 0.3 is 0 Å². The Labute approximate surface area is 119 Å². The zero-order valence-electron chi connectivity index (χ0n) is 11.8. The molecule has 0 saturated carbocycles. The highest BCUT2D eigenvalue weighted by Gasteiger charge is 2.05. The van der Waals surface area contributed by atoms with E-state index in [0.29, 0.717) is 18.7 Å². The Kier molecular flexibility index (Phi) is 4.77. The molecule has 2 rings (SSSR count). The lowest BCUT2D eigenvalue weighted by atomic mass is 10.1. The highest BCUT2D eigenvalue weighted by molar-refractivity contribution is 5.94. The number of rotatable bonds is 5. The topological polar surface area (TPSA) is 38.3 Å². The van der Waals surface area contributed by atoms with Crippen molar-refractivity contribution < 1.29 is 9.53 Å². The zero-order valence-corrected chi connectivity index (χ0v) is 11.8. The second-order valence-electron chi connectivity index (χ2n) is 4.63. The van der Waals surface area contributed by atoms with Crippen molar-refractivity contribution in [3.05, 3.63) is 65.2 Å². The molecule has 1 amide bonds. The molecule has 0 atom stereocenters. The van der Waals surface area contributed by atoms with Gasteiger partial charge in [0.2, 0.25) is 0 Å². The predicted molar refractivity (Wildman–Crippen MR) is 80.0 cm³/mol. The number of aryl methyl sites for hydroxylation is 1. The summed E-state index contributed by atoms with van der Waals surface area (Å²) in [6.07, 6.45) is 0. The molecule has 2 aromatic carbocycles. The number of nitrogens with one attached hydrogen (secondary N) is 1. The molecule has 3 heteroatoms. The summed E-state index contributed by atoms with van der Waals surface area (Å²) in [5.41, 5.74) is 2.85. The number of hydrogen-bond donors (Lipinski definition) is 1. The molecule has 2 aromatic rings. The van der Waals surface area contributed by atoms with Gasteiger partial charge in [-0.1, -0.05) is 29.8 Å². The van der Waals surface area contributed by atoms with E-state index < -0.39 is 0 Å². The SMILES string of the molecule is CCOc1cccc(CNC(=O)c2ccc(C)cc2)c1. The number of amides is 1. The molecule has 0 aromatic heterocycles. The van der Waals surface area contributed by atoms with Gasteiger partial charge in [0, 0.05) is 12.1 Å². The molecule has 20 heavy (non-hydrogen) atoms. The number of carbonyl (C=O) groups is 1. The van der Waals surface area contributed by atoms with Crippen LogP contribution in [0.2, 0.25) is 0 Å². The van der Waals surface area contributed by atoms with Crippen molar-refractivity contribution in [2.24, 2.45) is 0 Å². The second kappa shape index (κ2) is 6.75. The molecule has 0 aliphatic heterocycles. The zero-order chi connectivity index (χ0) is 14.4. The third-order valence-corrected chi connectivity index (χ3v) is 2.98. The van der Waals surface area contributed by atoms with E-state index in [1.54, 1.807) is 0 Å². The minimum absolute atomic E-state index is 0.0631. The van der Waals surface area contributed by atoms with Gasteiger partial charge in [0.05, 0.1) is 6.61 Å². The highest BCUT2D eigenvalue weighted by Crippen LogP contribution is 2.13. The first-order valence-electron chi connectivity index (χ1n) is 6.75. The number of ether oxygens (including phenoxy) is 1. The Balaban J connectivity index is 1.96. The van der Waals surface area contributed by atoms with E-state index in [4.69, 9.17) is 4.74 Å². The average Bonchev–Trinajstić information content (AvgIpc) is 2.46. The number of hydrogen-bond acceptors (Lipinski definition) is 2. The molecule has 1 N–H and O–H groups in total. The van der Waals surface area contributed by atoms with Crippen molar-refractivity contribution in [2.45, 2.75) is 20.4 Å². The maximum atomic E-state index is 12.0. The van der Waals surface area contributed by atoms with E-state index in [2.05, 4.69) is 5.32 Å². The minimum atomic E-state index is -0.0631. The molecule has 0 aliphatic carbocycles. The van der Waals surface area contributed by atoms with Crippen LogP contribution in [-0.4, -0.2) is 12.5 Å². The van der Waals surface area contributed by atoms with E-state index in [1.807, 2.05) is 62.4 Å². The fourth-order valence-corrected chi connectivity index (χ4v) is 1.90. The molecule has 104 valence electrons.